The van der Waals surface area contributed by atoms with Crippen molar-refractivity contribution in [2.45, 2.75) is 39.3 Å². The molecule has 0 aromatic carbocycles. The molecular weight excluding hydrogens is 215 g/mol. The van der Waals surface area contributed by atoms with Crippen LogP contribution in [0.15, 0.2) is 0 Å². The van der Waals surface area contributed by atoms with E-state index in [-0.39, 0.29) is 30.1 Å². The van der Waals surface area contributed by atoms with Crippen molar-refractivity contribution in [1.82, 2.24) is 0 Å². The lowest BCUT2D eigenvalue weighted by Gasteiger charge is -2.34. The van der Waals surface area contributed by atoms with Crippen molar-refractivity contribution in [2.75, 3.05) is 11.5 Å². The Morgan fingerprint density at radius 1 is 1.33 bits per heavy atom. The zero-order valence-electron chi connectivity index (χ0n) is 9.64. The first kappa shape index (κ1) is 12.7. The first-order valence-electron chi connectivity index (χ1n) is 5.13. The van der Waals surface area contributed by atoms with Crippen LogP contribution in [0.4, 0.5) is 4.39 Å². The summed E-state index contributed by atoms with van der Waals surface area (Å²) in [5.74, 6) is 3.65. The van der Waals surface area contributed by atoms with Crippen molar-refractivity contribution in [1.29, 1.82) is 0 Å². The molecule has 15 heavy (non-hydrogen) atoms. The normalized spacial score (nSPS) is 37.6. The van der Waals surface area contributed by atoms with Crippen molar-refractivity contribution in [3.8, 4) is 0 Å². The number of Topliss-reactive ketones (excluding diaryl/α,β-unsaturated/α-hetero) is 1. The molecule has 0 aromatic rings. The smallest absolute Gasteiger partial charge is 0.175 e. The van der Waals surface area contributed by atoms with Crippen LogP contribution in [0.25, 0.3) is 0 Å². The molecule has 0 saturated carbocycles. The molecule has 0 bridgehead atoms. The van der Waals surface area contributed by atoms with E-state index in [4.69, 9.17) is 0 Å². The summed E-state index contributed by atoms with van der Waals surface area (Å²) in [4.78, 5) is 11.9. The van der Waals surface area contributed by atoms with Gasteiger partial charge in [-0.05, 0) is 28.2 Å². The molecule has 88 valence electrons. The molecule has 4 heteroatoms. The Balaban J connectivity index is 2.84. The molecule has 1 aliphatic rings. The quantitative estimate of drug-likeness (QED) is 0.649. The predicted molar refractivity (Wildman–Crippen MR) is 62.5 cm³/mol. The lowest BCUT2D eigenvalue weighted by Crippen LogP contribution is -2.47. The van der Waals surface area contributed by atoms with Crippen molar-refractivity contribution in [3.05, 3.63) is 0 Å². The van der Waals surface area contributed by atoms with Crippen LogP contribution >= 0.6 is 0 Å². The van der Waals surface area contributed by atoms with Crippen LogP contribution < -0.4 is 0 Å². The summed E-state index contributed by atoms with van der Waals surface area (Å²) >= 11 is 0. The summed E-state index contributed by atoms with van der Waals surface area (Å²) in [6.07, 6.45) is 0.122. The molecule has 0 amide bonds. The Morgan fingerprint density at radius 3 is 2.07 bits per heavy atom. The third kappa shape index (κ3) is 2.80. The van der Waals surface area contributed by atoms with Gasteiger partial charge in [-0.3, -0.25) is 9.00 Å². The Labute approximate surface area is 91.3 Å². The number of rotatable bonds is 1. The minimum atomic E-state index is -2.13. The minimum Gasteiger partial charge on any atom is -0.295 e. The third-order valence-electron chi connectivity index (χ3n) is 2.83. The van der Waals surface area contributed by atoms with Gasteiger partial charge < -0.3 is 0 Å². The van der Waals surface area contributed by atoms with Gasteiger partial charge in [0.2, 0.25) is 0 Å². The Hall–Kier alpha value is -0.380. The number of alkyl halides is 1. The topological polar surface area (TPSA) is 34.1 Å². The van der Waals surface area contributed by atoms with E-state index in [0.717, 1.165) is 0 Å². The van der Waals surface area contributed by atoms with Crippen LogP contribution in [0, 0.1) is 5.41 Å². The van der Waals surface area contributed by atoms with E-state index < -0.39 is 20.6 Å². The molecule has 0 radical (unpaired) electrons. The molecule has 0 N–H and O–H groups in total. The molecule has 0 unspecified atom stereocenters. The van der Waals surface area contributed by atoms with Gasteiger partial charge in [0.25, 0.3) is 0 Å². The fourth-order valence-corrected chi connectivity index (χ4v) is 3.42. The monoisotopic (exact) mass is 234 g/mol. The fraction of sp³-hybridized carbons (Fsp3) is 0.818. The molecule has 0 atom stereocenters. The summed E-state index contributed by atoms with van der Waals surface area (Å²) in [6, 6.07) is 0. The number of hydrogen-bond donors (Lipinski definition) is 0. The maximum Gasteiger partial charge on any atom is 0.175 e. The molecule has 0 spiro atoms. The highest BCUT2D eigenvalue weighted by atomic mass is 32.2. The van der Waals surface area contributed by atoms with Gasteiger partial charge >= 0.3 is 0 Å². The average Bonchev–Trinajstić information content (AvgIpc) is 2.08. The van der Waals surface area contributed by atoms with Crippen LogP contribution in [0.2, 0.25) is 0 Å². The molecule has 1 heterocycles. The zero-order chi connectivity index (χ0) is 11.9. The summed E-state index contributed by atoms with van der Waals surface area (Å²) in [6.45, 7) is 5.15. The van der Waals surface area contributed by atoms with Crippen LogP contribution in [-0.4, -0.2) is 33.0 Å². The number of halogens is 1. The standard InChI is InChI=1S/C11H19FO2S/c1-10(2,3)9(13)11(12)5-7-15(4,14)8-6-11/h4-8H2,1-3H3. The number of carbonyl (C=O) groups is 1. The number of ketones is 1. The van der Waals surface area contributed by atoms with Crippen molar-refractivity contribution < 1.29 is 13.4 Å². The average molecular weight is 234 g/mol. The summed E-state index contributed by atoms with van der Waals surface area (Å²) < 4.78 is 25.9. The van der Waals surface area contributed by atoms with Crippen molar-refractivity contribution in [3.63, 3.8) is 0 Å². The molecule has 1 saturated heterocycles. The second kappa shape index (κ2) is 3.58. The van der Waals surface area contributed by atoms with Crippen molar-refractivity contribution in [2.24, 2.45) is 5.41 Å². The Kier molecular flexibility index (Phi) is 3.03. The highest BCUT2D eigenvalue weighted by Crippen LogP contribution is 2.35. The van der Waals surface area contributed by atoms with E-state index in [0.29, 0.717) is 0 Å². The Morgan fingerprint density at radius 2 is 1.73 bits per heavy atom. The van der Waals surface area contributed by atoms with Gasteiger partial charge in [0, 0.05) is 16.9 Å². The van der Waals surface area contributed by atoms with Crippen LogP contribution in [0.3, 0.4) is 0 Å². The lowest BCUT2D eigenvalue weighted by molar-refractivity contribution is -0.139. The lowest BCUT2D eigenvalue weighted by atomic mass is 9.78. The molecule has 0 aliphatic carbocycles. The predicted octanol–water partition coefficient (Wildman–Crippen LogP) is 1.82. The molecule has 1 fully saturated rings. The maximum absolute atomic E-state index is 14.3. The largest absolute Gasteiger partial charge is 0.295 e. The fourth-order valence-electron chi connectivity index (χ4n) is 1.82. The van der Waals surface area contributed by atoms with E-state index in [1.807, 2.05) is 0 Å². The van der Waals surface area contributed by atoms with E-state index in [1.54, 1.807) is 20.8 Å². The molecule has 0 aromatic heterocycles. The van der Waals surface area contributed by atoms with Gasteiger partial charge in [-0.25, -0.2) is 4.39 Å². The molecule has 2 nitrogen and oxygen atoms in total. The molecule has 1 rings (SSSR count). The molecule has 1 aliphatic heterocycles. The number of hydrogen-bond acceptors (Lipinski definition) is 2. The maximum atomic E-state index is 14.3. The van der Waals surface area contributed by atoms with Gasteiger partial charge in [0.05, 0.1) is 0 Å². The van der Waals surface area contributed by atoms with Gasteiger partial charge in [-0.15, -0.1) is 0 Å². The Bertz CT molecular complexity index is 349. The van der Waals surface area contributed by atoms with Crippen LogP contribution in [-0.2, 0) is 14.3 Å². The SMILES string of the molecule is C=S1(=O)CCC(F)(C(=O)C(C)(C)C)CC1. The van der Waals surface area contributed by atoms with Gasteiger partial charge in [0.15, 0.2) is 11.5 Å². The van der Waals surface area contributed by atoms with Crippen LogP contribution in [0.5, 0.6) is 0 Å². The van der Waals surface area contributed by atoms with Gasteiger partial charge in [0.1, 0.15) is 0 Å². The first-order chi connectivity index (χ1) is 6.57. The summed E-state index contributed by atoms with van der Waals surface area (Å²) in [5.41, 5.74) is -2.45. The van der Waals surface area contributed by atoms with E-state index in [2.05, 4.69) is 5.87 Å². The third-order valence-corrected chi connectivity index (χ3v) is 4.73. The second-order valence-corrected chi connectivity index (χ2v) is 8.17. The van der Waals surface area contributed by atoms with E-state index in [9.17, 15) is 13.4 Å². The summed E-state index contributed by atoms with van der Waals surface area (Å²) in [5, 5.41) is 0. The highest BCUT2D eigenvalue weighted by molar-refractivity contribution is 8.00. The zero-order valence-corrected chi connectivity index (χ0v) is 10.5. The van der Waals surface area contributed by atoms with Crippen molar-refractivity contribution >= 4 is 21.2 Å². The van der Waals surface area contributed by atoms with Gasteiger partial charge in [-0.1, -0.05) is 20.8 Å². The highest BCUT2D eigenvalue weighted by Gasteiger charge is 2.46. The van der Waals surface area contributed by atoms with E-state index in [1.165, 1.54) is 0 Å². The molecular formula is C11H19FO2S. The van der Waals surface area contributed by atoms with Gasteiger partial charge in [-0.2, -0.15) is 0 Å². The minimum absolute atomic E-state index is 0.0609. The summed E-state index contributed by atoms with van der Waals surface area (Å²) in [7, 11) is -2.13. The van der Waals surface area contributed by atoms with E-state index >= 15 is 0 Å². The number of carbonyl (C=O) groups excluding carboxylic acids is 1. The first-order valence-corrected chi connectivity index (χ1v) is 7.20. The van der Waals surface area contributed by atoms with Crippen LogP contribution in [0.1, 0.15) is 33.6 Å². The second-order valence-electron chi connectivity index (χ2n) is 5.42.